The first-order valence-corrected chi connectivity index (χ1v) is 5.95. The van der Waals surface area contributed by atoms with Crippen molar-refractivity contribution in [3.8, 4) is 0 Å². The Bertz CT molecular complexity index is 314. The monoisotopic (exact) mass is 225 g/mol. The molecule has 0 spiro atoms. The summed E-state index contributed by atoms with van der Waals surface area (Å²) in [5.74, 6) is 1.86. The summed E-state index contributed by atoms with van der Waals surface area (Å²) in [5, 5.41) is 4.01. The van der Waals surface area contributed by atoms with E-state index in [1.54, 1.807) is 0 Å². The third-order valence-corrected chi connectivity index (χ3v) is 2.44. The molecule has 0 saturated carbocycles. The van der Waals surface area contributed by atoms with Crippen molar-refractivity contribution in [2.24, 2.45) is 11.1 Å². The van der Waals surface area contributed by atoms with Gasteiger partial charge in [0.05, 0.1) is 0 Å². The van der Waals surface area contributed by atoms with Gasteiger partial charge in [-0.1, -0.05) is 32.9 Å². The van der Waals surface area contributed by atoms with Crippen LogP contribution in [0.15, 0.2) is 4.52 Å². The molecule has 0 fully saturated rings. The Balaban J connectivity index is 2.57. The van der Waals surface area contributed by atoms with Crippen LogP contribution in [0.5, 0.6) is 0 Å². The molecule has 4 heteroatoms. The van der Waals surface area contributed by atoms with Crippen molar-refractivity contribution in [3.05, 3.63) is 11.7 Å². The molecule has 1 heterocycles. The molecule has 1 atom stereocenters. The highest BCUT2D eigenvalue weighted by Gasteiger charge is 2.18. The van der Waals surface area contributed by atoms with E-state index in [0.29, 0.717) is 12.5 Å². The molecule has 92 valence electrons. The molecule has 0 bridgehead atoms. The molecule has 0 amide bonds. The van der Waals surface area contributed by atoms with Crippen molar-refractivity contribution >= 4 is 0 Å². The normalized spacial score (nSPS) is 14.1. The molecule has 1 aromatic heterocycles. The second-order valence-corrected chi connectivity index (χ2v) is 5.62. The zero-order valence-electron chi connectivity index (χ0n) is 10.8. The molecule has 1 aromatic rings. The van der Waals surface area contributed by atoms with Crippen molar-refractivity contribution in [3.63, 3.8) is 0 Å². The molecule has 0 aliphatic carbocycles. The van der Waals surface area contributed by atoms with E-state index in [0.717, 1.165) is 31.0 Å². The van der Waals surface area contributed by atoms with Crippen molar-refractivity contribution in [2.45, 2.75) is 52.9 Å². The first-order chi connectivity index (χ1) is 7.42. The average molecular weight is 225 g/mol. The van der Waals surface area contributed by atoms with Crippen LogP contribution in [-0.2, 0) is 6.42 Å². The van der Waals surface area contributed by atoms with Gasteiger partial charge in [0, 0.05) is 12.3 Å². The molecule has 0 aliphatic heterocycles. The fourth-order valence-electron chi connectivity index (χ4n) is 1.56. The van der Waals surface area contributed by atoms with Gasteiger partial charge in [0.15, 0.2) is 5.82 Å². The number of nitrogens with two attached hydrogens (primary N) is 1. The van der Waals surface area contributed by atoms with E-state index in [1.807, 2.05) is 0 Å². The Morgan fingerprint density at radius 1 is 1.38 bits per heavy atom. The summed E-state index contributed by atoms with van der Waals surface area (Å²) in [4.78, 5) is 4.43. The lowest BCUT2D eigenvalue weighted by Gasteiger charge is -2.14. The fourth-order valence-corrected chi connectivity index (χ4v) is 1.56. The van der Waals surface area contributed by atoms with E-state index in [2.05, 4.69) is 37.8 Å². The van der Waals surface area contributed by atoms with E-state index < -0.39 is 0 Å². The second kappa shape index (κ2) is 5.43. The predicted molar refractivity (Wildman–Crippen MR) is 64.2 cm³/mol. The van der Waals surface area contributed by atoms with Crippen LogP contribution in [0.25, 0.3) is 0 Å². The molecular weight excluding hydrogens is 202 g/mol. The molecule has 16 heavy (non-hydrogen) atoms. The van der Waals surface area contributed by atoms with Gasteiger partial charge in [-0.05, 0) is 24.8 Å². The van der Waals surface area contributed by atoms with Gasteiger partial charge < -0.3 is 10.3 Å². The van der Waals surface area contributed by atoms with Gasteiger partial charge in [-0.25, -0.2) is 0 Å². The van der Waals surface area contributed by atoms with E-state index in [1.165, 1.54) is 0 Å². The molecule has 1 rings (SSSR count). The number of rotatable bonds is 5. The maximum atomic E-state index is 5.48. The average Bonchev–Trinajstić information content (AvgIpc) is 2.59. The zero-order valence-corrected chi connectivity index (χ0v) is 10.8. The standard InChI is InChI=1S/C12H23N3O/c1-9(6-5-7-13)11-14-10(15-16-11)8-12(2,3)4/h9H,5-8,13H2,1-4H3. The van der Waals surface area contributed by atoms with Crippen LogP contribution in [0, 0.1) is 5.41 Å². The minimum Gasteiger partial charge on any atom is -0.339 e. The highest BCUT2D eigenvalue weighted by atomic mass is 16.5. The van der Waals surface area contributed by atoms with Crippen LogP contribution in [0.2, 0.25) is 0 Å². The van der Waals surface area contributed by atoms with E-state index >= 15 is 0 Å². The molecule has 4 nitrogen and oxygen atoms in total. The predicted octanol–water partition coefficient (Wildman–Crippen LogP) is 2.50. The van der Waals surface area contributed by atoms with E-state index in [4.69, 9.17) is 10.3 Å². The highest BCUT2D eigenvalue weighted by Crippen LogP contribution is 2.22. The van der Waals surface area contributed by atoms with Crippen LogP contribution >= 0.6 is 0 Å². The van der Waals surface area contributed by atoms with Gasteiger partial charge in [0.2, 0.25) is 5.89 Å². The summed E-state index contributed by atoms with van der Waals surface area (Å²) in [6, 6.07) is 0. The maximum Gasteiger partial charge on any atom is 0.229 e. The third-order valence-electron chi connectivity index (χ3n) is 2.44. The third kappa shape index (κ3) is 4.31. The minimum absolute atomic E-state index is 0.196. The first-order valence-electron chi connectivity index (χ1n) is 5.95. The fraction of sp³-hybridized carbons (Fsp3) is 0.833. The maximum absolute atomic E-state index is 5.48. The van der Waals surface area contributed by atoms with Crippen LogP contribution in [-0.4, -0.2) is 16.7 Å². The molecule has 0 saturated heterocycles. The Labute approximate surface area is 97.6 Å². The smallest absolute Gasteiger partial charge is 0.229 e. The van der Waals surface area contributed by atoms with Crippen molar-refractivity contribution in [1.29, 1.82) is 0 Å². The van der Waals surface area contributed by atoms with Crippen LogP contribution in [0.3, 0.4) is 0 Å². The van der Waals surface area contributed by atoms with Crippen LogP contribution in [0.1, 0.15) is 58.2 Å². The van der Waals surface area contributed by atoms with Crippen LogP contribution in [0.4, 0.5) is 0 Å². The topological polar surface area (TPSA) is 64.9 Å². The summed E-state index contributed by atoms with van der Waals surface area (Å²) in [6.07, 6.45) is 2.85. The molecule has 0 aromatic carbocycles. The summed E-state index contributed by atoms with van der Waals surface area (Å²) in [7, 11) is 0. The molecular formula is C12H23N3O. The Morgan fingerprint density at radius 3 is 2.62 bits per heavy atom. The Hall–Kier alpha value is -0.900. The number of aromatic nitrogens is 2. The van der Waals surface area contributed by atoms with Gasteiger partial charge in [-0.3, -0.25) is 0 Å². The molecule has 0 aliphatic rings. The second-order valence-electron chi connectivity index (χ2n) is 5.62. The van der Waals surface area contributed by atoms with Gasteiger partial charge >= 0.3 is 0 Å². The van der Waals surface area contributed by atoms with E-state index in [-0.39, 0.29) is 5.41 Å². The summed E-state index contributed by atoms with van der Waals surface area (Å²) < 4.78 is 5.27. The summed E-state index contributed by atoms with van der Waals surface area (Å²) in [6.45, 7) is 9.32. The lowest BCUT2D eigenvalue weighted by atomic mass is 9.92. The lowest BCUT2D eigenvalue weighted by Crippen LogP contribution is -2.10. The van der Waals surface area contributed by atoms with Crippen molar-refractivity contribution < 1.29 is 4.52 Å². The molecule has 2 N–H and O–H groups in total. The van der Waals surface area contributed by atoms with Gasteiger partial charge in [0.1, 0.15) is 0 Å². The minimum atomic E-state index is 0.196. The van der Waals surface area contributed by atoms with Gasteiger partial charge in [0.25, 0.3) is 0 Å². The van der Waals surface area contributed by atoms with E-state index in [9.17, 15) is 0 Å². The van der Waals surface area contributed by atoms with Crippen LogP contribution < -0.4 is 5.73 Å². The number of hydrogen-bond donors (Lipinski definition) is 1. The summed E-state index contributed by atoms with van der Waals surface area (Å²) >= 11 is 0. The Morgan fingerprint density at radius 2 is 2.06 bits per heavy atom. The number of nitrogens with zero attached hydrogens (tertiary/aromatic N) is 2. The molecule has 1 unspecified atom stereocenters. The van der Waals surface area contributed by atoms with Crippen molar-refractivity contribution in [2.75, 3.05) is 6.54 Å². The SMILES string of the molecule is CC(CCCN)c1nc(CC(C)(C)C)no1. The first kappa shape index (κ1) is 13.2. The summed E-state index contributed by atoms with van der Waals surface area (Å²) in [5.41, 5.74) is 5.67. The van der Waals surface area contributed by atoms with Gasteiger partial charge in [-0.2, -0.15) is 4.98 Å². The molecule has 0 radical (unpaired) electrons. The largest absolute Gasteiger partial charge is 0.339 e. The quantitative estimate of drug-likeness (QED) is 0.836. The Kier molecular flexibility index (Phi) is 4.47. The zero-order chi connectivity index (χ0) is 12.2. The van der Waals surface area contributed by atoms with Gasteiger partial charge in [-0.15, -0.1) is 0 Å². The van der Waals surface area contributed by atoms with Crippen molar-refractivity contribution in [1.82, 2.24) is 10.1 Å². The lowest BCUT2D eigenvalue weighted by molar-refractivity contribution is 0.338. The highest BCUT2D eigenvalue weighted by molar-refractivity contribution is 4.94. The number of hydrogen-bond acceptors (Lipinski definition) is 4.